The Morgan fingerprint density at radius 3 is 2.05 bits per heavy atom. The summed E-state index contributed by atoms with van der Waals surface area (Å²) in [5.41, 5.74) is 0.467. The first-order chi connectivity index (χ1) is 8.55. The minimum atomic E-state index is -0.319. The van der Waals surface area contributed by atoms with Crippen LogP contribution in [0, 0.1) is 0 Å². The van der Waals surface area contributed by atoms with Gasteiger partial charge in [-0.3, -0.25) is 4.90 Å². The van der Waals surface area contributed by atoms with E-state index in [2.05, 4.69) is 9.64 Å². The molecule has 0 aromatic carbocycles. The van der Waals surface area contributed by atoms with E-state index < -0.39 is 0 Å². The third kappa shape index (κ3) is 4.85. The van der Waals surface area contributed by atoms with Crippen molar-refractivity contribution in [3.05, 3.63) is 0 Å². The molecular formula is C13H28N2O3S. The van der Waals surface area contributed by atoms with Gasteiger partial charge in [0.1, 0.15) is 0 Å². The Kier molecular flexibility index (Phi) is 8.45. The van der Waals surface area contributed by atoms with Gasteiger partial charge in [-0.15, -0.1) is 0 Å². The summed E-state index contributed by atoms with van der Waals surface area (Å²) in [5.74, 6) is 0. The zero-order valence-electron chi connectivity index (χ0n) is 12.6. The lowest BCUT2D eigenvalue weighted by atomic mass is 9.95. The molecule has 0 unspecified atom stereocenters. The van der Waals surface area contributed by atoms with Crippen LogP contribution < -0.4 is 0 Å². The molecule has 2 rings (SSSR count). The van der Waals surface area contributed by atoms with Crippen LogP contribution in [0.3, 0.4) is 0 Å². The van der Waals surface area contributed by atoms with Gasteiger partial charge >= 0.3 is 6.09 Å². The summed E-state index contributed by atoms with van der Waals surface area (Å²) in [6.45, 7) is 3.57. The average molecular weight is 292 g/mol. The first-order valence-electron chi connectivity index (χ1n) is 6.55. The minimum absolute atomic E-state index is 0. The van der Waals surface area contributed by atoms with E-state index in [1.54, 1.807) is 14.1 Å². The molecule has 2 aliphatic heterocycles. The van der Waals surface area contributed by atoms with Crippen LogP contribution in [-0.4, -0.2) is 69.4 Å². The van der Waals surface area contributed by atoms with E-state index in [1.807, 2.05) is 7.11 Å². The summed E-state index contributed by atoms with van der Waals surface area (Å²) in [6.07, 6.45) is 5.16. The number of hydrogen-bond donors (Lipinski definition) is 0. The number of rotatable bonds is 2. The highest BCUT2D eigenvalue weighted by Gasteiger charge is 2.43. The molecule has 19 heavy (non-hydrogen) atoms. The van der Waals surface area contributed by atoms with E-state index >= 15 is 0 Å². The predicted molar refractivity (Wildman–Crippen MR) is 81.1 cm³/mol. The van der Waals surface area contributed by atoms with Gasteiger partial charge in [0, 0.05) is 26.7 Å². The van der Waals surface area contributed by atoms with Gasteiger partial charge in [0.15, 0.2) is 0 Å². The van der Waals surface area contributed by atoms with Crippen molar-refractivity contribution < 1.29 is 14.3 Å². The van der Waals surface area contributed by atoms with E-state index in [9.17, 15) is 4.79 Å². The van der Waals surface area contributed by atoms with E-state index in [1.165, 1.54) is 50.8 Å². The second kappa shape index (κ2) is 8.66. The van der Waals surface area contributed by atoms with Crippen molar-refractivity contribution >= 4 is 19.6 Å². The maximum Gasteiger partial charge on any atom is 0.408 e. The minimum Gasteiger partial charge on any atom is -0.453 e. The molecule has 1 amide bonds. The zero-order valence-corrected chi connectivity index (χ0v) is 13.6. The highest BCUT2D eigenvalue weighted by Crippen LogP contribution is 2.38. The molecule has 0 aromatic rings. The van der Waals surface area contributed by atoms with Crippen molar-refractivity contribution in [1.82, 2.24) is 9.80 Å². The molecule has 2 fully saturated rings. The van der Waals surface area contributed by atoms with Crippen LogP contribution in [0.15, 0.2) is 0 Å². The topological polar surface area (TPSA) is 42.0 Å². The Bertz CT molecular complexity index is 265. The number of carbonyl (C=O) groups is 1. The molecule has 0 N–H and O–H groups in total. The predicted octanol–water partition coefficient (Wildman–Crippen LogP) is 1.69. The van der Waals surface area contributed by atoms with Gasteiger partial charge in [-0.1, -0.05) is 0 Å². The average Bonchev–Trinajstić information content (AvgIpc) is 2.88. The Balaban J connectivity index is 0.000000360. The first-order valence-corrected chi connectivity index (χ1v) is 6.55. The van der Waals surface area contributed by atoms with Gasteiger partial charge in [-0.2, -0.15) is 13.5 Å². The first kappa shape index (κ1) is 18.5. The molecule has 2 aliphatic rings. The molecule has 0 bridgehead atoms. The van der Waals surface area contributed by atoms with Gasteiger partial charge in [0.25, 0.3) is 0 Å². The molecule has 0 atom stereocenters. The molecule has 114 valence electrons. The summed E-state index contributed by atoms with van der Waals surface area (Å²) in [4.78, 5) is 14.2. The quantitative estimate of drug-likeness (QED) is 0.777. The zero-order chi connectivity index (χ0) is 13.6. The molecule has 2 saturated heterocycles. The Morgan fingerprint density at radius 1 is 1.21 bits per heavy atom. The summed E-state index contributed by atoms with van der Waals surface area (Å²) >= 11 is 0. The highest BCUT2D eigenvalue weighted by atomic mass is 32.1. The number of amides is 1. The summed E-state index contributed by atoms with van der Waals surface area (Å²) < 4.78 is 9.59. The van der Waals surface area contributed by atoms with E-state index in [0.717, 1.165) is 6.61 Å². The summed E-state index contributed by atoms with van der Waals surface area (Å²) in [5, 5.41) is 0. The van der Waals surface area contributed by atoms with Crippen LogP contribution in [0.4, 0.5) is 4.79 Å². The fraction of sp³-hybridized carbons (Fsp3) is 0.923. The van der Waals surface area contributed by atoms with Gasteiger partial charge in [-0.05, 0) is 38.8 Å². The van der Waals surface area contributed by atoms with E-state index in [0.29, 0.717) is 5.54 Å². The number of nitrogens with zero attached hydrogens (tertiary/aromatic N) is 2. The highest BCUT2D eigenvalue weighted by molar-refractivity contribution is 7.59. The number of methoxy groups -OCH3 is 2. The standard InChI is InChI=1S/C9H17NO.C4H9NO2.H2S/c1-11-8-9-4-2-6-10(9)7-3-5-9;1-5(2)4(6)7-3;/h2-8H2,1H3;1-3H3;1H2. The van der Waals surface area contributed by atoms with E-state index in [4.69, 9.17) is 4.74 Å². The molecule has 0 aliphatic carbocycles. The SMILES string of the molecule is COC(=O)N(C)C.COCC12CCCN1CCC2.S. The van der Waals surface area contributed by atoms with Crippen molar-refractivity contribution in [2.75, 3.05) is 48.0 Å². The van der Waals surface area contributed by atoms with Crippen molar-refractivity contribution in [1.29, 1.82) is 0 Å². The van der Waals surface area contributed by atoms with Crippen molar-refractivity contribution in [2.24, 2.45) is 0 Å². The largest absolute Gasteiger partial charge is 0.453 e. The monoisotopic (exact) mass is 292 g/mol. The Morgan fingerprint density at radius 2 is 1.74 bits per heavy atom. The van der Waals surface area contributed by atoms with Crippen LogP contribution in [0.5, 0.6) is 0 Å². The molecule has 5 nitrogen and oxygen atoms in total. The van der Waals surface area contributed by atoms with Gasteiger partial charge in [-0.25, -0.2) is 4.79 Å². The van der Waals surface area contributed by atoms with Crippen LogP contribution in [-0.2, 0) is 9.47 Å². The smallest absolute Gasteiger partial charge is 0.408 e. The van der Waals surface area contributed by atoms with Crippen molar-refractivity contribution in [3.63, 3.8) is 0 Å². The summed E-state index contributed by atoms with van der Waals surface area (Å²) in [7, 11) is 6.43. The molecular weight excluding hydrogens is 264 g/mol. The third-order valence-corrected chi connectivity index (χ3v) is 3.76. The Labute approximate surface area is 123 Å². The number of hydrogen-bond acceptors (Lipinski definition) is 4. The fourth-order valence-corrected chi connectivity index (χ4v) is 2.91. The maximum absolute atomic E-state index is 10.2. The van der Waals surface area contributed by atoms with Crippen LogP contribution >= 0.6 is 13.5 Å². The van der Waals surface area contributed by atoms with Crippen molar-refractivity contribution in [2.45, 2.75) is 31.2 Å². The van der Waals surface area contributed by atoms with Crippen LogP contribution in [0.2, 0.25) is 0 Å². The number of ether oxygens (including phenoxy) is 2. The molecule has 0 aromatic heterocycles. The van der Waals surface area contributed by atoms with Gasteiger partial charge < -0.3 is 14.4 Å². The molecule has 2 heterocycles. The number of carbonyl (C=O) groups excluding carboxylic acids is 1. The van der Waals surface area contributed by atoms with Crippen molar-refractivity contribution in [3.8, 4) is 0 Å². The lowest BCUT2D eigenvalue weighted by Gasteiger charge is -2.30. The maximum atomic E-state index is 10.2. The van der Waals surface area contributed by atoms with Crippen LogP contribution in [0.1, 0.15) is 25.7 Å². The lowest BCUT2D eigenvalue weighted by molar-refractivity contribution is 0.0655. The normalized spacial score (nSPS) is 19.8. The molecule has 0 spiro atoms. The van der Waals surface area contributed by atoms with Gasteiger partial charge in [0.2, 0.25) is 0 Å². The Hall–Kier alpha value is -0.460. The molecule has 0 radical (unpaired) electrons. The molecule has 0 saturated carbocycles. The van der Waals surface area contributed by atoms with Crippen LogP contribution in [0.25, 0.3) is 0 Å². The number of fused-ring (bicyclic) bond motifs is 1. The second-order valence-electron chi connectivity index (χ2n) is 5.22. The molecule has 6 heteroatoms. The van der Waals surface area contributed by atoms with E-state index in [-0.39, 0.29) is 19.6 Å². The van der Waals surface area contributed by atoms with Gasteiger partial charge in [0.05, 0.1) is 13.7 Å². The fourth-order valence-electron chi connectivity index (χ4n) is 2.91. The summed E-state index contributed by atoms with van der Waals surface area (Å²) in [6, 6.07) is 0. The third-order valence-electron chi connectivity index (χ3n) is 3.76. The second-order valence-corrected chi connectivity index (χ2v) is 5.22. The lowest BCUT2D eigenvalue weighted by Crippen LogP contribution is -2.42.